The number of amides is 1. The lowest BCUT2D eigenvalue weighted by atomic mass is 10.0. The van der Waals surface area contributed by atoms with Crippen LogP contribution in [0.4, 0.5) is 0 Å². The molecule has 0 spiro atoms. The van der Waals surface area contributed by atoms with Crippen molar-refractivity contribution in [2.24, 2.45) is 0 Å². The summed E-state index contributed by atoms with van der Waals surface area (Å²) in [5.41, 5.74) is 0. The highest BCUT2D eigenvalue weighted by Crippen LogP contribution is 2.18. The summed E-state index contributed by atoms with van der Waals surface area (Å²) in [6, 6.07) is -0.625. The van der Waals surface area contributed by atoms with Crippen LogP contribution in [0.15, 0.2) is 24.3 Å². The molecule has 0 aliphatic rings. The Labute approximate surface area is 443 Å². The van der Waals surface area contributed by atoms with E-state index in [9.17, 15) is 19.8 Å². The van der Waals surface area contributed by atoms with Gasteiger partial charge in [0.05, 0.1) is 25.4 Å². The molecule has 2 atom stereocenters. The summed E-state index contributed by atoms with van der Waals surface area (Å²) < 4.78 is 5.48. The molecule has 1 amide bonds. The highest BCUT2D eigenvalue weighted by atomic mass is 16.5. The number of aliphatic hydroxyl groups excluding tert-OH is 2. The molecule has 0 rings (SSSR count). The first-order valence-electron chi connectivity index (χ1n) is 32.1. The van der Waals surface area contributed by atoms with Gasteiger partial charge >= 0.3 is 5.97 Å². The molecule has 0 aliphatic carbocycles. The Balaban J connectivity index is 3.37. The van der Waals surface area contributed by atoms with E-state index in [0.717, 1.165) is 44.9 Å². The maximum Gasteiger partial charge on any atom is 0.305 e. The van der Waals surface area contributed by atoms with Gasteiger partial charge in [-0.05, 0) is 57.8 Å². The standard InChI is InChI=1S/C65H125NO5/c1-3-5-7-9-11-13-15-17-30-34-37-41-45-49-53-57-63(68)62(61-67)66-64(69)58-54-50-46-42-38-35-31-28-26-24-22-20-18-19-21-23-25-27-29-32-36-40-44-48-52-56-60-71-65(70)59-55-51-47-43-39-33-16-14-12-10-8-6-4-2/h14,16,53,57,62-63,67-68H,3-13,15,17-52,54-56,58-61H2,1-2H3,(H,66,69)/b16-14-,57-53+. The molecule has 71 heavy (non-hydrogen) atoms. The van der Waals surface area contributed by atoms with Crippen molar-refractivity contribution in [1.29, 1.82) is 0 Å². The Bertz CT molecular complexity index is 1110. The second kappa shape index (κ2) is 60.9. The quantitative estimate of drug-likeness (QED) is 0.0320. The Morgan fingerprint density at radius 2 is 0.662 bits per heavy atom. The van der Waals surface area contributed by atoms with Gasteiger partial charge in [0.15, 0.2) is 0 Å². The van der Waals surface area contributed by atoms with Gasteiger partial charge in [-0.15, -0.1) is 0 Å². The predicted molar refractivity (Wildman–Crippen MR) is 310 cm³/mol. The number of aliphatic hydroxyl groups is 2. The molecule has 0 fully saturated rings. The summed E-state index contributed by atoms with van der Waals surface area (Å²) in [6.07, 6.45) is 75.2. The molecule has 6 heteroatoms. The van der Waals surface area contributed by atoms with Crippen molar-refractivity contribution in [2.45, 2.75) is 366 Å². The van der Waals surface area contributed by atoms with E-state index < -0.39 is 12.1 Å². The zero-order chi connectivity index (χ0) is 51.4. The number of hydrogen-bond donors (Lipinski definition) is 3. The minimum atomic E-state index is -0.842. The molecule has 2 unspecified atom stereocenters. The molecule has 6 nitrogen and oxygen atoms in total. The molecule has 0 saturated heterocycles. The number of ether oxygens (including phenoxy) is 1. The highest BCUT2D eigenvalue weighted by Gasteiger charge is 2.18. The van der Waals surface area contributed by atoms with Gasteiger partial charge in [-0.1, -0.05) is 308 Å². The molecule has 0 radical (unpaired) electrons. The van der Waals surface area contributed by atoms with Crippen molar-refractivity contribution < 1.29 is 24.5 Å². The minimum absolute atomic E-state index is 0.00787. The first kappa shape index (κ1) is 69.3. The molecule has 0 saturated carbocycles. The smallest absolute Gasteiger partial charge is 0.305 e. The van der Waals surface area contributed by atoms with E-state index in [0.29, 0.717) is 19.4 Å². The van der Waals surface area contributed by atoms with E-state index in [-0.39, 0.29) is 18.5 Å². The average molecular weight is 1000 g/mol. The Morgan fingerprint density at radius 1 is 0.380 bits per heavy atom. The number of allylic oxidation sites excluding steroid dienone is 3. The van der Waals surface area contributed by atoms with Gasteiger partial charge in [-0.25, -0.2) is 0 Å². The van der Waals surface area contributed by atoms with Crippen LogP contribution in [-0.4, -0.2) is 47.4 Å². The van der Waals surface area contributed by atoms with Crippen LogP contribution in [0, 0.1) is 0 Å². The molecule has 0 aromatic heterocycles. The van der Waals surface area contributed by atoms with Crippen LogP contribution >= 0.6 is 0 Å². The largest absolute Gasteiger partial charge is 0.466 e. The maximum absolute atomic E-state index is 12.5. The second-order valence-corrected chi connectivity index (χ2v) is 22.1. The number of carbonyl (C=O) groups excluding carboxylic acids is 2. The number of esters is 1. The highest BCUT2D eigenvalue weighted by molar-refractivity contribution is 5.76. The number of unbranched alkanes of at least 4 members (excludes halogenated alkanes) is 47. The molecule has 0 aromatic rings. The molecule has 420 valence electrons. The van der Waals surface area contributed by atoms with Crippen molar-refractivity contribution in [3.63, 3.8) is 0 Å². The number of nitrogens with one attached hydrogen (secondary N) is 1. The fourth-order valence-corrected chi connectivity index (χ4v) is 10.0. The zero-order valence-electron chi connectivity index (χ0n) is 48.0. The van der Waals surface area contributed by atoms with Crippen LogP contribution in [0.5, 0.6) is 0 Å². The average Bonchev–Trinajstić information content (AvgIpc) is 3.37. The topological polar surface area (TPSA) is 95.9 Å². The predicted octanol–water partition coefficient (Wildman–Crippen LogP) is 20.2. The molecule has 3 N–H and O–H groups in total. The summed E-state index contributed by atoms with van der Waals surface area (Å²) >= 11 is 0. The van der Waals surface area contributed by atoms with Gasteiger partial charge in [0.1, 0.15) is 0 Å². The van der Waals surface area contributed by atoms with Crippen LogP contribution in [0.1, 0.15) is 354 Å². The summed E-state index contributed by atoms with van der Waals surface area (Å²) in [6.45, 7) is 4.91. The van der Waals surface area contributed by atoms with Crippen LogP contribution in [0.2, 0.25) is 0 Å². The number of carbonyl (C=O) groups is 2. The van der Waals surface area contributed by atoms with Gasteiger partial charge in [0.25, 0.3) is 0 Å². The van der Waals surface area contributed by atoms with Gasteiger partial charge in [-0.3, -0.25) is 9.59 Å². The molecular weight excluding hydrogens is 875 g/mol. The van der Waals surface area contributed by atoms with Crippen molar-refractivity contribution >= 4 is 11.9 Å². The van der Waals surface area contributed by atoms with E-state index in [1.165, 1.54) is 283 Å². The van der Waals surface area contributed by atoms with Crippen LogP contribution < -0.4 is 5.32 Å². The Hall–Kier alpha value is -1.66. The first-order valence-corrected chi connectivity index (χ1v) is 32.1. The van der Waals surface area contributed by atoms with Crippen LogP contribution in [-0.2, 0) is 14.3 Å². The number of rotatable bonds is 60. The molecule has 0 aliphatic heterocycles. The SMILES string of the molecule is CCCCCC/C=C\CCCCCCCC(=O)OCCCCCCCCCCCCCCCCCCCCCCCCCCCCC(=O)NC(CO)C(O)/C=C/CCCCCCCCCCCCCCC. The van der Waals surface area contributed by atoms with Crippen molar-refractivity contribution in [1.82, 2.24) is 5.32 Å². The second-order valence-electron chi connectivity index (χ2n) is 22.1. The van der Waals surface area contributed by atoms with Gasteiger partial charge in [0.2, 0.25) is 5.91 Å². The van der Waals surface area contributed by atoms with E-state index >= 15 is 0 Å². The van der Waals surface area contributed by atoms with E-state index in [2.05, 4.69) is 31.3 Å². The van der Waals surface area contributed by atoms with E-state index in [1.54, 1.807) is 6.08 Å². The first-order chi connectivity index (χ1) is 35.0. The fourth-order valence-electron chi connectivity index (χ4n) is 10.0. The molecular formula is C65H125NO5. The molecule has 0 heterocycles. The van der Waals surface area contributed by atoms with E-state index in [1.807, 2.05) is 6.08 Å². The van der Waals surface area contributed by atoms with Crippen molar-refractivity contribution in [3.05, 3.63) is 24.3 Å². The lowest BCUT2D eigenvalue weighted by Crippen LogP contribution is -2.45. The van der Waals surface area contributed by atoms with Crippen LogP contribution in [0.3, 0.4) is 0 Å². The third-order valence-corrected chi connectivity index (χ3v) is 15.0. The van der Waals surface area contributed by atoms with Crippen molar-refractivity contribution in [2.75, 3.05) is 13.2 Å². The summed E-state index contributed by atoms with van der Waals surface area (Å²) in [7, 11) is 0. The lowest BCUT2D eigenvalue weighted by Gasteiger charge is -2.20. The van der Waals surface area contributed by atoms with E-state index in [4.69, 9.17) is 4.74 Å². The third-order valence-electron chi connectivity index (χ3n) is 15.0. The van der Waals surface area contributed by atoms with Gasteiger partial charge < -0.3 is 20.3 Å². The van der Waals surface area contributed by atoms with Gasteiger partial charge in [0, 0.05) is 12.8 Å². The summed E-state index contributed by atoms with van der Waals surface area (Å²) in [5, 5.41) is 23.1. The minimum Gasteiger partial charge on any atom is -0.466 e. The number of hydrogen-bond acceptors (Lipinski definition) is 5. The van der Waals surface area contributed by atoms with Crippen LogP contribution in [0.25, 0.3) is 0 Å². The summed E-state index contributed by atoms with van der Waals surface area (Å²) in [4.78, 5) is 24.5. The van der Waals surface area contributed by atoms with Crippen molar-refractivity contribution in [3.8, 4) is 0 Å². The monoisotopic (exact) mass is 1000 g/mol. The zero-order valence-corrected chi connectivity index (χ0v) is 48.0. The third kappa shape index (κ3) is 57.5. The summed E-state index contributed by atoms with van der Waals surface area (Å²) in [5.74, 6) is -0.0560. The lowest BCUT2D eigenvalue weighted by molar-refractivity contribution is -0.143. The Morgan fingerprint density at radius 3 is 1.01 bits per heavy atom. The fraction of sp³-hybridized carbons (Fsp3) is 0.908. The molecule has 0 bridgehead atoms. The Kier molecular flexibility index (Phi) is 59.5. The molecule has 0 aromatic carbocycles. The van der Waals surface area contributed by atoms with Gasteiger partial charge in [-0.2, -0.15) is 0 Å². The maximum atomic E-state index is 12.5. The normalized spacial score (nSPS) is 12.7.